The van der Waals surface area contributed by atoms with Crippen LogP contribution >= 0.6 is 31.9 Å². The van der Waals surface area contributed by atoms with Crippen molar-refractivity contribution in [3.63, 3.8) is 0 Å². The van der Waals surface area contributed by atoms with Crippen molar-refractivity contribution in [3.8, 4) is 11.5 Å². The van der Waals surface area contributed by atoms with Gasteiger partial charge in [-0.1, -0.05) is 50.1 Å². The van der Waals surface area contributed by atoms with E-state index in [2.05, 4.69) is 36.8 Å². The molecule has 0 spiro atoms. The summed E-state index contributed by atoms with van der Waals surface area (Å²) in [5, 5.41) is 24.0. The highest BCUT2D eigenvalue weighted by Gasteiger charge is 2.33. The van der Waals surface area contributed by atoms with Gasteiger partial charge in [-0.2, -0.15) is 0 Å². The van der Waals surface area contributed by atoms with Gasteiger partial charge in [0.05, 0.1) is 33.3 Å². The molecule has 0 bridgehead atoms. The molecule has 2 N–H and O–H groups in total. The predicted octanol–water partition coefficient (Wildman–Crippen LogP) is 6.56. The number of pyridine rings is 1. The second-order valence-corrected chi connectivity index (χ2v) is 10.3. The topological polar surface area (TPSA) is 114 Å². The molecule has 3 aromatic carbocycles. The van der Waals surface area contributed by atoms with E-state index in [0.717, 1.165) is 5.39 Å². The fraction of sp³-hybridized carbons (Fsp3) is 0.0357. The molecule has 3 heterocycles. The maximum Gasteiger partial charge on any atom is 0.344 e. The van der Waals surface area contributed by atoms with Gasteiger partial charge in [0.15, 0.2) is 0 Å². The first-order valence-corrected chi connectivity index (χ1v) is 12.7. The average molecular weight is 621 g/mol. The lowest BCUT2D eigenvalue weighted by molar-refractivity contribution is 0.441. The molecule has 7 nitrogen and oxygen atoms in total. The number of benzene rings is 3. The molecule has 37 heavy (non-hydrogen) atoms. The van der Waals surface area contributed by atoms with Crippen LogP contribution in [0.25, 0.3) is 32.8 Å². The summed E-state index contributed by atoms with van der Waals surface area (Å²) in [5.74, 6) is -2.01. The Bertz CT molecular complexity index is 1890. The van der Waals surface area contributed by atoms with E-state index in [1.807, 2.05) is 24.3 Å². The van der Waals surface area contributed by atoms with Crippen molar-refractivity contribution in [2.75, 3.05) is 0 Å². The lowest BCUT2D eigenvalue weighted by atomic mass is 9.85. The number of hydrogen-bond acceptors (Lipinski definition) is 7. The Kier molecular flexibility index (Phi) is 5.62. The van der Waals surface area contributed by atoms with Gasteiger partial charge in [0, 0.05) is 20.5 Å². The number of hydrogen-bond donors (Lipinski definition) is 2. The Morgan fingerprint density at radius 1 is 0.730 bits per heavy atom. The van der Waals surface area contributed by atoms with Crippen molar-refractivity contribution in [2.24, 2.45) is 0 Å². The fourth-order valence-corrected chi connectivity index (χ4v) is 5.30. The number of halogens is 2. The minimum absolute atomic E-state index is 0.170. The highest BCUT2D eigenvalue weighted by molar-refractivity contribution is 9.10. The van der Waals surface area contributed by atoms with Crippen LogP contribution in [0.2, 0.25) is 0 Å². The van der Waals surface area contributed by atoms with Gasteiger partial charge in [0.25, 0.3) is 0 Å². The lowest BCUT2D eigenvalue weighted by Crippen LogP contribution is -2.21. The molecule has 0 saturated carbocycles. The van der Waals surface area contributed by atoms with E-state index < -0.39 is 17.2 Å². The number of rotatable bonds is 3. The minimum atomic E-state index is -1.25. The maximum absolute atomic E-state index is 13.4. The normalized spacial score (nSPS) is 11.6. The molecule has 0 fully saturated rings. The first-order valence-electron chi connectivity index (χ1n) is 11.1. The van der Waals surface area contributed by atoms with Gasteiger partial charge in [-0.25, -0.2) is 9.59 Å². The van der Waals surface area contributed by atoms with Gasteiger partial charge < -0.3 is 19.0 Å². The molecule has 0 aliphatic rings. The number of nitrogens with zero attached hydrogens (tertiary/aromatic N) is 1. The Morgan fingerprint density at radius 2 is 1.27 bits per heavy atom. The van der Waals surface area contributed by atoms with Gasteiger partial charge in [0.2, 0.25) is 0 Å². The second-order valence-electron chi connectivity index (χ2n) is 8.48. The lowest BCUT2D eigenvalue weighted by Gasteiger charge is -2.20. The van der Waals surface area contributed by atoms with Crippen LogP contribution < -0.4 is 11.3 Å². The first-order chi connectivity index (χ1) is 17.8. The molecule has 182 valence electrons. The van der Waals surface area contributed by atoms with E-state index in [9.17, 15) is 19.8 Å². The van der Waals surface area contributed by atoms with Gasteiger partial charge in [-0.3, -0.25) is 4.98 Å². The van der Waals surface area contributed by atoms with E-state index in [1.165, 1.54) is 6.20 Å². The third-order valence-corrected chi connectivity index (χ3v) is 7.26. The third-order valence-electron chi connectivity index (χ3n) is 6.27. The van der Waals surface area contributed by atoms with Gasteiger partial charge in [-0.05, 0) is 54.1 Å². The molecule has 0 unspecified atom stereocenters. The van der Waals surface area contributed by atoms with Crippen LogP contribution in [0.1, 0.15) is 22.6 Å². The molecule has 3 aromatic heterocycles. The quantitative estimate of drug-likeness (QED) is 0.215. The molecule has 6 aromatic rings. The predicted molar refractivity (Wildman–Crippen MR) is 146 cm³/mol. The zero-order chi connectivity index (χ0) is 25.8. The van der Waals surface area contributed by atoms with Crippen molar-refractivity contribution in [2.45, 2.75) is 5.92 Å². The summed E-state index contributed by atoms with van der Waals surface area (Å²) in [6.07, 6.45) is 1.50. The second kappa shape index (κ2) is 8.86. The highest BCUT2D eigenvalue weighted by Crippen LogP contribution is 2.43. The van der Waals surface area contributed by atoms with E-state index in [-0.39, 0.29) is 44.6 Å². The number of fused-ring (bicyclic) bond motifs is 3. The molecule has 0 saturated heterocycles. The van der Waals surface area contributed by atoms with E-state index in [4.69, 9.17) is 8.83 Å². The standard InChI is InChI=1S/C28H15Br2NO6/c29-15-5-7-20-17(10-15)25(32)23(27(34)36-20)22(14-9-13-3-1-2-4-19(13)31-12-14)24-26(33)18-11-16(30)6-8-21(18)37-28(24)35/h1-12,22,32-33H. The van der Waals surface area contributed by atoms with Crippen LogP contribution in [-0.2, 0) is 0 Å². The Balaban J connectivity index is 1.75. The largest absolute Gasteiger partial charge is 0.507 e. The van der Waals surface area contributed by atoms with Crippen LogP contribution in [-0.4, -0.2) is 15.2 Å². The van der Waals surface area contributed by atoms with Crippen LogP contribution in [0.3, 0.4) is 0 Å². The first kappa shape index (κ1) is 23.4. The minimum Gasteiger partial charge on any atom is -0.507 e. The zero-order valence-electron chi connectivity index (χ0n) is 18.7. The summed E-state index contributed by atoms with van der Waals surface area (Å²) in [6.45, 7) is 0. The molecular formula is C28H15Br2NO6. The molecule has 0 radical (unpaired) electrons. The van der Waals surface area contributed by atoms with Gasteiger partial charge in [0.1, 0.15) is 22.7 Å². The SMILES string of the molecule is O=c1oc2ccc(Br)cc2c(O)c1C(c1cnc2ccccc2c1)c1c(O)c2cc(Br)ccc2oc1=O. The van der Waals surface area contributed by atoms with E-state index >= 15 is 0 Å². The van der Waals surface area contributed by atoms with Crippen molar-refractivity contribution in [1.82, 2.24) is 4.98 Å². The van der Waals surface area contributed by atoms with E-state index in [0.29, 0.717) is 20.0 Å². The van der Waals surface area contributed by atoms with Crippen molar-refractivity contribution in [1.29, 1.82) is 0 Å². The van der Waals surface area contributed by atoms with Crippen molar-refractivity contribution < 1.29 is 19.0 Å². The molecule has 0 amide bonds. The van der Waals surface area contributed by atoms with Crippen molar-refractivity contribution >= 4 is 64.7 Å². The summed E-state index contributed by atoms with van der Waals surface area (Å²) < 4.78 is 12.4. The smallest absolute Gasteiger partial charge is 0.344 e. The average Bonchev–Trinajstić information content (AvgIpc) is 2.88. The van der Waals surface area contributed by atoms with Gasteiger partial charge >= 0.3 is 11.3 Å². The Labute approximate surface area is 224 Å². The summed E-state index contributed by atoms with van der Waals surface area (Å²) in [7, 11) is 0. The molecular weight excluding hydrogens is 606 g/mol. The molecule has 0 aliphatic heterocycles. The fourth-order valence-electron chi connectivity index (χ4n) is 4.58. The molecule has 6 rings (SSSR count). The van der Waals surface area contributed by atoms with Crippen LogP contribution in [0.5, 0.6) is 11.5 Å². The molecule has 0 atom stereocenters. The van der Waals surface area contributed by atoms with Crippen LogP contribution in [0.4, 0.5) is 0 Å². The molecule has 9 heteroatoms. The summed E-state index contributed by atoms with van der Waals surface area (Å²) in [4.78, 5) is 31.2. The number of para-hydroxylation sites is 1. The monoisotopic (exact) mass is 619 g/mol. The van der Waals surface area contributed by atoms with Crippen LogP contribution in [0, 0.1) is 0 Å². The van der Waals surface area contributed by atoms with Crippen molar-refractivity contribution in [3.05, 3.63) is 119 Å². The third kappa shape index (κ3) is 3.91. The number of aromatic nitrogens is 1. The Morgan fingerprint density at radius 3 is 1.84 bits per heavy atom. The highest BCUT2D eigenvalue weighted by atomic mass is 79.9. The summed E-state index contributed by atoms with van der Waals surface area (Å²) in [6, 6.07) is 18.8. The number of aromatic hydroxyl groups is 2. The Hall–Kier alpha value is -3.95. The summed E-state index contributed by atoms with van der Waals surface area (Å²) >= 11 is 6.74. The van der Waals surface area contributed by atoms with Gasteiger partial charge in [-0.15, -0.1) is 0 Å². The summed E-state index contributed by atoms with van der Waals surface area (Å²) in [5.41, 5.74) is -0.751. The van der Waals surface area contributed by atoms with E-state index in [1.54, 1.807) is 42.5 Å². The maximum atomic E-state index is 13.4. The molecule has 0 aliphatic carbocycles. The zero-order valence-corrected chi connectivity index (χ0v) is 21.9. The van der Waals surface area contributed by atoms with Crippen LogP contribution in [0.15, 0.2) is 100 Å².